The fourth-order valence-corrected chi connectivity index (χ4v) is 2.65. The average Bonchev–Trinajstić information content (AvgIpc) is 2.62. The predicted molar refractivity (Wildman–Crippen MR) is 121 cm³/mol. The molecule has 1 aromatic carbocycles. The molecule has 1 rings (SSSR count). The Morgan fingerprint density at radius 2 is 1.81 bits per heavy atom. The molecule has 0 saturated carbocycles. The summed E-state index contributed by atoms with van der Waals surface area (Å²) in [4.78, 5) is 18.4. The van der Waals surface area contributed by atoms with Gasteiger partial charge in [0.1, 0.15) is 0 Å². The topological polar surface area (TPSA) is 56.7 Å². The van der Waals surface area contributed by atoms with Gasteiger partial charge in [0.15, 0.2) is 5.96 Å². The Bertz CT molecular complexity index is 518. The van der Waals surface area contributed by atoms with E-state index < -0.39 is 0 Å². The zero-order chi connectivity index (χ0) is 18.5. The van der Waals surface area contributed by atoms with Gasteiger partial charge >= 0.3 is 0 Å². The van der Waals surface area contributed by atoms with Crippen LogP contribution in [0.3, 0.4) is 0 Å². The Labute approximate surface area is 176 Å². The van der Waals surface area contributed by atoms with Gasteiger partial charge in [-0.1, -0.05) is 30.3 Å². The summed E-state index contributed by atoms with van der Waals surface area (Å²) < 4.78 is 0. The van der Waals surface area contributed by atoms with E-state index in [1.54, 1.807) is 0 Å². The normalized spacial score (nSPS) is 12.1. The van der Waals surface area contributed by atoms with Crippen LogP contribution >= 0.6 is 24.0 Å². The van der Waals surface area contributed by atoms with E-state index in [4.69, 9.17) is 0 Å². The number of carbonyl (C=O) groups is 1. The van der Waals surface area contributed by atoms with E-state index in [0.29, 0.717) is 19.0 Å². The van der Waals surface area contributed by atoms with E-state index in [0.717, 1.165) is 38.4 Å². The summed E-state index contributed by atoms with van der Waals surface area (Å²) in [6.07, 6.45) is 2.53. The highest BCUT2D eigenvalue weighted by Crippen LogP contribution is 2.04. The van der Waals surface area contributed by atoms with E-state index >= 15 is 0 Å². The van der Waals surface area contributed by atoms with Crippen molar-refractivity contribution >= 4 is 35.8 Å². The maximum Gasteiger partial charge on any atom is 0.224 e. The lowest BCUT2D eigenvalue weighted by molar-refractivity contribution is -0.130. The van der Waals surface area contributed by atoms with Gasteiger partial charge in [0, 0.05) is 32.1 Å². The third kappa shape index (κ3) is 9.99. The smallest absolute Gasteiger partial charge is 0.224 e. The van der Waals surface area contributed by atoms with Gasteiger partial charge in [-0.2, -0.15) is 0 Å². The third-order valence-electron chi connectivity index (χ3n) is 4.15. The molecule has 26 heavy (non-hydrogen) atoms. The number of rotatable bonds is 10. The van der Waals surface area contributed by atoms with Crippen molar-refractivity contribution in [2.45, 2.75) is 53.0 Å². The number of guanidine groups is 1. The van der Waals surface area contributed by atoms with Crippen LogP contribution in [0.15, 0.2) is 35.3 Å². The SMILES string of the molecule is CCNC(=NCCC(=O)N(CC)CC)NC(C)CCc1ccccc1.I. The Morgan fingerprint density at radius 1 is 1.15 bits per heavy atom. The van der Waals surface area contributed by atoms with Gasteiger partial charge in [-0.25, -0.2) is 0 Å². The van der Waals surface area contributed by atoms with Crippen LogP contribution in [0.4, 0.5) is 0 Å². The van der Waals surface area contributed by atoms with Crippen molar-refractivity contribution in [3.63, 3.8) is 0 Å². The van der Waals surface area contributed by atoms with Crippen LogP contribution in [0.25, 0.3) is 0 Å². The second kappa shape index (κ2) is 14.8. The number of aliphatic imine (C=N–C) groups is 1. The first-order valence-corrected chi connectivity index (χ1v) is 9.47. The molecule has 0 aliphatic rings. The molecule has 0 spiro atoms. The van der Waals surface area contributed by atoms with Crippen molar-refractivity contribution < 1.29 is 4.79 Å². The minimum atomic E-state index is 0. The molecule has 5 nitrogen and oxygen atoms in total. The van der Waals surface area contributed by atoms with Crippen LogP contribution in [0.1, 0.15) is 46.1 Å². The molecule has 148 valence electrons. The Balaban J connectivity index is 0.00000625. The van der Waals surface area contributed by atoms with Crippen LogP contribution < -0.4 is 10.6 Å². The first-order chi connectivity index (χ1) is 12.1. The number of aryl methyl sites for hydroxylation is 1. The van der Waals surface area contributed by atoms with Crippen LogP contribution in [-0.4, -0.2) is 49.0 Å². The second-order valence-electron chi connectivity index (χ2n) is 6.15. The molecular weight excluding hydrogens is 439 g/mol. The minimum absolute atomic E-state index is 0. The fourth-order valence-electron chi connectivity index (χ4n) is 2.65. The molecule has 0 aliphatic heterocycles. The zero-order valence-electron chi connectivity index (χ0n) is 16.6. The number of hydrogen-bond donors (Lipinski definition) is 2. The number of nitrogens with zero attached hydrogens (tertiary/aromatic N) is 2. The minimum Gasteiger partial charge on any atom is -0.357 e. The number of nitrogens with one attached hydrogen (secondary N) is 2. The predicted octanol–water partition coefficient (Wildman–Crippen LogP) is 3.44. The molecule has 0 bridgehead atoms. The van der Waals surface area contributed by atoms with Crippen LogP contribution in [0.5, 0.6) is 0 Å². The fraction of sp³-hybridized carbons (Fsp3) is 0.600. The highest BCUT2D eigenvalue weighted by Gasteiger charge is 2.09. The van der Waals surface area contributed by atoms with Gasteiger partial charge in [0.2, 0.25) is 5.91 Å². The molecule has 0 radical (unpaired) electrons. The van der Waals surface area contributed by atoms with Gasteiger partial charge in [-0.05, 0) is 46.1 Å². The molecule has 0 aromatic heterocycles. The monoisotopic (exact) mass is 474 g/mol. The maximum atomic E-state index is 12.0. The molecule has 1 aromatic rings. The van der Waals surface area contributed by atoms with Gasteiger partial charge in [-0.15, -0.1) is 24.0 Å². The maximum absolute atomic E-state index is 12.0. The lowest BCUT2D eigenvalue weighted by Crippen LogP contribution is -2.42. The molecular formula is C20H35IN4O. The Hall–Kier alpha value is -1.31. The number of halogens is 1. The highest BCUT2D eigenvalue weighted by atomic mass is 127. The van der Waals surface area contributed by atoms with Crippen molar-refractivity contribution in [2.24, 2.45) is 4.99 Å². The summed E-state index contributed by atoms with van der Waals surface area (Å²) in [5.74, 6) is 0.956. The number of hydrogen-bond acceptors (Lipinski definition) is 2. The van der Waals surface area contributed by atoms with E-state index in [1.807, 2.05) is 31.7 Å². The first kappa shape index (κ1) is 24.7. The van der Waals surface area contributed by atoms with Crippen molar-refractivity contribution in [2.75, 3.05) is 26.2 Å². The average molecular weight is 474 g/mol. The summed E-state index contributed by atoms with van der Waals surface area (Å²) >= 11 is 0. The van der Waals surface area contributed by atoms with Crippen molar-refractivity contribution in [3.8, 4) is 0 Å². The van der Waals surface area contributed by atoms with Gasteiger partial charge in [-0.3, -0.25) is 9.79 Å². The molecule has 6 heteroatoms. The lowest BCUT2D eigenvalue weighted by Gasteiger charge is -2.19. The van der Waals surface area contributed by atoms with Crippen LogP contribution in [0.2, 0.25) is 0 Å². The number of amides is 1. The third-order valence-corrected chi connectivity index (χ3v) is 4.15. The molecule has 1 amide bonds. The number of carbonyl (C=O) groups excluding carboxylic acids is 1. The summed E-state index contributed by atoms with van der Waals surface area (Å²) in [5, 5.41) is 6.69. The molecule has 0 fully saturated rings. The second-order valence-corrected chi connectivity index (χ2v) is 6.15. The molecule has 2 N–H and O–H groups in total. The van der Waals surface area contributed by atoms with Crippen molar-refractivity contribution in [3.05, 3.63) is 35.9 Å². The van der Waals surface area contributed by atoms with Gasteiger partial charge in [0.25, 0.3) is 0 Å². The van der Waals surface area contributed by atoms with Crippen LogP contribution in [0, 0.1) is 0 Å². The van der Waals surface area contributed by atoms with Crippen molar-refractivity contribution in [1.29, 1.82) is 0 Å². The summed E-state index contributed by atoms with van der Waals surface area (Å²) in [6.45, 7) is 11.1. The van der Waals surface area contributed by atoms with Gasteiger partial charge < -0.3 is 15.5 Å². The first-order valence-electron chi connectivity index (χ1n) is 9.47. The van der Waals surface area contributed by atoms with E-state index in [2.05, 4.69) is 46.8 Å². The molecule has 0 heterocycles. The quantitative estimate of drug-likeness (QED) is 0.310. The van der Waals surface area contributed by atoms with Gasteiger partial charge in [0.05, 0.1) is 6.54 Å². The highest BCUT2D eigenvalue weighted by molar-refractivity contribution is 14.0. The zero-order valence-corrected chi connectivity index (χ0v) is 19.0. The molecule has 0 saturated heterocycles. The van der Waals surface area contributed by atoms with Crippen LogP contribution in [-0.2, 0) is 11.2 Å². The molecule has 1 unspecified atom stereocenters. The largest absolute Gasteiger partial charge is 0.357 e. The standard InChI is InChI=1S/C20H34N4O.HI/c1-5-21-20(22-16-15-19(25)24(6-2)7-3)23-17(4)13-14-18-11-9-8-10-12-18;/h8-12,17H,5-7,13-16H2,1-4H3,(H2,21,22,23);1H. The van der Waals surface area contributed by atoms with E-state index in [9.17, 15) is 4.79 Å². The molecule has 0 aliphatic carbocycles. The summed E-state index contributed by atoms with van der Waals surface area (Å²) in [6, 6.07) is 10.8. The Kier molecular flexibility index (Phi) is 14.1. The molecule has 1 atom stereocenters. The summed E-state index contributed by atoms with van der Waals surface area (Å²) in [7, 11) is 0. The number of benzene rings is 1. The van der Waals surface area contributed by atoms with E-state index in [-0.39, 0.29) is 29.9 Å². The Morgan fingerprint density at radius 3 is 2.38 bits per heavy atom. The van der Waals surface area contributed by atoms with E-state index in [1.165, 1.54) is 5.56 Å². The van der Waals surface area contributed by atoms with Crippen molar-refractivity contribution in [1.82, 2.24) is 15.5 Å². The lowest BCUT2D eigenvalue weighted by atomic mass is 10.1. The summed E-state index contributed by atoms with van der Waals surface area (Å²) in [5.41, 5.74) is 1.35.